The molecule has 1 aliphatic rings. The van der Waals surface area contributed by atoms with E-state index in [0.717, 1.165) is 28.8 Å². The summed E-state index contributed by atoms with van der Waals surface area (Å²) < 4.78 is 11.8. The van der Waals surface area contributed by atoms with E-state index in [1.165, 1.54) is 0 Å². The second-order valence-electron chi connectivity index (χ2n) is 6.07. The van der Waals surface area contributed by atoms with Crippen LogP contribution >= 0.6 is 0 Å². The summed E-state index contributed by atoms with van der Waals surface area (Å²) >= 11 is 0. The van der Waals surface area contributed by atoms with Crippen LogP contribution in [0.5, 0.6) is 17.2 Å². The normalized spacial score (nSPS) is 13.1. The van der Waals surface area contributed by atoms with E-state index in [1.54, 1.807) is 18.3 Å². The average molecular weight is 345 g/mol. The molecule has 5 rings (SSSR count). The molecule has 6 nitrogen and oxygen atoms in total. The fourth-order valence-corrected chi connectivity index (χ4v) is 3.26. The number of rotatable bonds is 2. The van der Waals surface area contributed by atoms with Gasteiger partial charge in [0, 0.05) is 29.6 Å². The van der Waals surface area contributed by atoms with Crippen molar-refractivity contribution in [1.82, 2.24) is 9.97 Å². The average Bonchev–Trinajstić information content (AvgIpc) is 2.68. The van der Waals surface area contributed by atoms with Crippen molar-refractivity contribution < 1.29 is 9.47 Å². The van der Waals surface area contributed by atoms with Gasteiger partial charge in [0.05, 0.1) is 11.1 Å². The van der Waals surface area contributed by atoms with Crippen LogP contribution in [0.15, 0.2) is 59.5 Å². The summed E-state index contributed by atoms with van der Waals surface area (Å²) in [5.41, 5.74) is 1.30. The first kappa shape index (κ1) is 14.8. The van der Waals surface area contributed by atoms with E-state index < -0.39 is 0 Å². The molecule has 0 atom stereocenters. The third-order valence-corrected chi connectivity index (χ3v) is 4.44. The lowest BCUT2D eigenvalue weighted by atomic mass is 10.1. The van der Waals surface area contributed by atoms with Crippen LogP contribution in [0.2, 0.25) is 0 Å². The molecule has 0 radical (unpaired) electrons. The molecule has 0 bridgehead atoms. The number of benzene rings is 2. The van der Waals surface area contributed by atoms with E-state index in [4.69, 9.17) is 9.47 Å². The maximum absolute atomic E-state index is 12.3. The molecular formula is C20H15N3O3. The predicted octanol–water partition coefficient (Wildman–Crippen LogP) is 3.67. The zero-order valence-electron chi connectivity index (χ0n) is 13.8. The minimum atomic E-state index is -0.161. The SMILES string of the molecule is O=c1[nH]c2nccc(Oc3ccc4c(c3)OCCN4)c2c2ccccc12. The third-order valence-electron chi connectivity index (χ3n) is 4.44. The number of fused-ring (bicyclic) bond motifs is 4. The number of aromatic amines is 1. The summed E-state index contributed by atoms with van der Waals surface area (Å²) in [5, 5.41) is 5.48. The van der Waals surface area contributed by atoms with Gasteiger partial charge in [-0.15, -0.1) is 0 Å². The lowest BCUT2D eigenvalue weighted by molar-refractivity contribution is 0.321. The molecule has 0 aliphatic carbocycles. The van der Waals surface area contributed by atoms with Crippen LogP contribution < -0.4 is 20.3 Å². The largest absolute Gasteiger partial charge is 0.489 e. The molecule has 3 heterocycles. The Hall–Kier alpha value is -3.54. The molecule has 0 saturated carbocycles. The Bertz CT molecular complexity index is 1200. The van der Waals surface area contributed by atoms with E-state index in [0.29, 0.717) is 29.1 Å². The van der Waals surface area contributed by atoms with E-state index in [1.807, 2.05) is 36.4 Å². The smallest absolute Gasteiger partial charge is 0.257 e. The Labute approximate surface area is 148 Å². The Morgan fingerprint density at radius 2 is 1.96 bits per heavy atom. The minimum absolute atomic E-state index is 0.161. The second-order valence-corrected chi connectivity index (χ2v) is 6.07. The van der Waals surface area contributed by atoms with Gasteiger partial charge in [-0.05, 0) is 24.3 Å². The number of pyridine rings is 2. The van der Waals surface area contributed by atoms with Gasteiger partial charge in [-0.1, -0.05) is 18.2 Å². The number of ether oxygens (including phenoxy) is 2. The number of hydrogen-bond acceptors (Lipinski definition) is 5. The summed E-state index contributed by atoms with van der Waals surface area (Å²) in [5.74, 6) is 2.06. The fourth-order valence-electron chi connectivity index (χ4n) is 3.26. The Morgan fingerprint density at radius 1 is 1.08 bits per heavy atom. The van der Waals surface area contributed by atoms with Gasteiger partial charge in [0.1, 0.15) is 29.5 Å². The number of H-pyrrole nitrogens is 1. The highest BCUT2D eigenvalue weighted by Crippen LogP contribution is 2.36. The van der Waals surface area contributed by atoms with E-state index in [9.17, 15) is 4.79 Å². The number of nitrogens with one attached hydrogen (secondary N) is 2. The maximum atomic E-state index is 12.3. The first-order valence-electron chi connectivity index (χ1n) is 8.38. The summed E-state index contributed by atoms with van der Waals surface area (Å²) in [6, 6.07) is 14.9. The number of hydrogen-bond donors (Lipinski definition) is 2. The van der Waals surface area contributed by atoms with Crippen molar-refractivity contribution in [2.75, 3.05) is 18.5 Å². The monoisotopic (exact) mass is 345 g/mol. The molecule has 4 aromatic rings. The summed E-state index contributed by atoms with van der Waals surface area (Å²) in [6.07, 6.45) is 1.62. The molecule has 0 spiro atoms. The van der Waals surface area contributed by atoms with Gasteiger partial charge in [-0.25, -0.2) is 4.98 Å². The lowest BCUT2D eigenvalue weighted by Gasteiger charge is -2.20. The molecule has 0 fully saturated rings. The first-order valence-corrected chi connectivity index (χ1v) is 8.38. The molecule has 1 aliphatic heterocycles. The molecular weight excluding hydrogens is 330 g/mol. The van der Waals surface area contributed by atoms with Crippen molar-refractivity contribution in [3.8, 4) is 17.2 Å². The number of aromatic nitrogens is 2. The summed E-state index contributed by atoms with van der Waals surface area (Å²) in [6.45, 7) is 1.42. The van der Waals surface area contributed by atoms with Crippen molar-refractivity contribution in [3.63, 3.8) is 0 Å². The van der Waals surface area contributed by atoms with Crippen LogP contribution in [0, 0.1) is 0 Å². The van der Waals surface area contributed by atoms with Gasteiger partial charge in [0.25, 0.3) is 5.56 Å². The number of anilines is 1. The molecule has 0 unspecified atom stereocenters. The lowest BCUT2D eigenvalue weighted by Crippen LogP contribution is -2.17. The molecule has 6 heteroatoms. The first-order chi connectivity index (χ1) is 12.8. The standard InChI is InChI=1S/C20H15N3O3/c24-20-14-4-2-1-3-13(14)18-16(7-8-22-19(18)23-20)26-12-5-6-15-17(11-12)25-10-9-21-15/h1-8,11,21H,9-10H2,(H,22,23,24). The second kappa shape index (κ2) is 5.77. The highest BCUT2D eigenvalue weighted by molar-refractivity contribution is 6.07. The zero-order chi connectivity index (χ0) is 17.5. The van der Waals surface area contributed by atoms with Crippen LogP contribution in [0.3, 0.4) is 0 Å². The van der Waals surface area contributed by atoms with Crippen molar-refractivity contribution in [3.05, 3.63) is 65.1 Å². The Kier molecular flexibility index (Phi) is 3.28. The molecule has 0 saturated heterocycles. The van der Waals surface area contributed by atoms with Crippen LogP contribution in [0.4, 0.5) is 5.69 Å². The van der Waals surface area contributed by atoms with Crippen molar-refractivity contribution in [2.45, 2.75) is 0 Å². The van der Waals surface area contributed by atoms with Gasteiger partial charge >= 0.3 is 0 Å². The highest BCUT2D eigenvalue weighted by atomic mass is 16.5. The van der Waals surface area contributed by atoms with Gasteiger partial charge in [-0.3, -0.25) is 4.79 Å². The van der Waals surface area contributed by atoms with Crippen LogP contribution in [-0.2, 0) is 0 Å². The van der Waals surface area contributed by atoms with Gasteiger partial charge in [0.2, 0.25) is 0 Å². The Morgan fingerprint density at radius 3 is 2.88 bits per heavy atom. The summed E-state index contributed by atoms with van der Waals surface area (Å²) in [7, 11) is 0. The van der Waals surface area contributed by atoms with Gasteiger partial charge in [-0.2, -0.15) is 0 Å². The third kappa shape index (κ3) is 2.35. The van der Waals surface area contributed by atoms with Crippen LogP contribution in [0.25, 0.3) is 21.8 Å². The van der Waals surface area contributed by atoms with Crippen LogP contribution in [-0.4, -0.2) is 23.1 Å². The Balaban J connectivity index is 1.68. The van der Waals surface area contributed by atoms with Crippen molar-refractivity contribution >= 4 is 27.5 Å². The quantitative estimate of drug-likeness (QED) is 0.542. The fraction of sp³-hybridized carbons (Fsp3) is 0.100. The summed E-state index contributed by atoms with van der Waals surface area (Å²) in [4.78, 5) is 19.4. The maximum Gasteiger partial charge on any atom is 0.257 e. The molecule has 0 amide bonds. The highest BCUT2D eigenvalue weighted by Gasteiger charge is 2.14. The molecule has 2 aromatic carbocycles. The zero-order valence-corrected chi connectivity index (χ0v) is 13.8. The van der Waals surface area contributed by atoms with E-state index in [2.05, 4.69) is 15.3 Å². The van der Waals surface area contributed by atoms with Gasteiger partial charge in [0.15, 0.2) is 0 Å². The molecule has 2 aromatic heterocycles. The van der Waals surface area contributed by atoms with E-state index >= 15 is 0 Å². The molecule has 128 valence electrons. The number of nitrogens with zero attached hydrogens (tertiary/aromatic N) is 1. The predicted molar refractivity (Wildman–Crippen MR) is 100 cm³/mol. The minimum Gasteiger partial charge on any atom is -0.489 e. The van der Waals surface area contributed by atoms with Crippen molar-refractivity contribution in [2.24, 2.45) is 0 Å². The van der Waals surface area contributed by atoms with Crippen LogP contribution in [0.1, 0.15) is 0 Å². The molecule has 2 N–H and O–H groups in total. The van der Waals surface area contributed by atoms with E-state index in [-0.39, 0.29) is 5.56 Å². The topological polar surface area (TPSA) is 76.2 Å². The van der Waals surface area contributed by atoms with Crippen molar-refractivity contribution in [1.29, 1.82) is 0 Å². The molecule has 26 heavy (non-hydrogen) atoms. The van der Waals surface area contributed by atoms with Gasteiger partial charge < -0.3 is 19.8 Å².